The van der Waals surface area contributed by atoms with E-state index in [0.29, 0.717) is 13.2 Å². The van der Waals surface area contributed by atoms with Gasteiger partial charge in [0.15, 0.2) is 0 Å². The van der Waals surface area contributed by atoms with E-state index in [0.717, 1.165) is 23.6 Å². The quantitative estimate of drug-likeness (QED) is 0.646. The van der Waals surface area contributed by atoms with E-state index in [1.54, 1.807) is 11.8 Å². The average Bonchev–Trinajstić information content (AvgIpc) is 2.65. The van der Waals surface area contributed by atoms with Crippen LogP contribution in [0.1, 0.15) is 12.5 Å². The Morgan fingerprint density at radius 1 is 1.12 bits per heavy atom. The summed E-state index contributed by atoms with van der Waals surface area (Å²) >= 11 is 1.71. The topological polar surface area (TPSA) is 41.6 Å². The van der Waals surface area contributed by atoms with Crippen LogP contribution in [0.15, 0.2) is 59.5 Å². The van der Waals surface area contributed by atoms with Crippen LogP contribution in [0.2, 0.25) is 0 Å². The minimum atomic E-state index is -0.0335. The van der Waals surface area contributed by atoms with E-state index < -0.39 is 0 Å². The summed E-state index contributed by atoms with van der Waals surface area (Å²) in [7, 11) is 4.04. The Balaban J connectivity index is 1.70. The third-order valence-electron chi connectivity index (χ3n) is 3.89. The zero-order chi connectivity index (χ0) is 18.8. The van der Waals surface area contributed by atoms with Crippen LogP contribution < -0.4 is 10.1 Å². The number of carbonyl (C=O) groups excluding carboxylic acids is 1. The zero-order valence-electron chi connectivity index (χ0n) is 15.8. The minimum absolute atomic E-state index is 0.0335. The fourth-order valence-electron chi connectivity index (χ4n) is 2.23. The zero-order valence-corrected chi connectivity index (χ0v) is 16.6. The van der Waals surface area contributed by atoms with Gasteiger partial charge in [-0.15, -0.1) is 11.8 Å². The number of likely N-dealkylation sites (N-methyl/N-ethyl adjacent to an activating group) is 1. The van der Waals surface area contributed by atoms with Crippen LogP contribution in [-0.4, -0.2) is 43.8 Å². The molecule has 2 aromatic rings. The molecular formula is C21H28N2O2S. The van der Waals surface area contributed by atoms with Crippen LogP contribution in [0.25, 0.3) is 0 Å². The Morgan fingerprint density at radius 2 is 1.81 bits per heavy atom. The number of nitrogens with zero attached hydrogens (tertiary/aromatic N) is 1. The molecule has 2 aromatic carbocycles. The van der Waals surface area contributed by atoms with Gasteiger partial charge in [-0.2, -0.15) is 0 Å². The molecule has 0 saturated heterocycles. The molecule has 1 amide bonds. The molecule has 2 rings (SSSR count). The molecular weight excluding hydrogens is 344 g/mol. The van der Waals surface area contributed by atoms with Gasteiger partial charge in [0.05, 0.1) is 0 Å². The first kappa shape index (κ1) is 20.3. The van der Waals surface area contributed by atoms with Crippen molar-refractivity contribution < 1.29 is 9.53 Å². The Kier molecular flexibility index (Phi) is 8.51. The second-order valence-corrected chi connectivity index (χ2v) is 7.63. The Morgan fingerprint density at radius 3 is 2.46 bits per heavy atom. The molecule has 4 nitrogen and oxygen atoms in total. The molecule has 0 spiro atoms. The molecule has 26 heavy (non-hydrogen) atoms. The normalized spacial score (nSPS) is 12.0. The maximum atomic E-state index is 12.3. The summed E-state index contributed by atoms with van der Waals surface area (Å²) in [5, 5.41) is 3.01. The third-order valence-corrected chi connectivity index (χ3v) is 5.16. The van der Waals surface area contributed by atoms with Gasteiger partial charge in [0.1, 0.15) is 12.4 Å². The minimum Gasteiger partial charge on any atom is -0.492 e. The molecule has 0 aliphatic rings. The average molecular weight is 373 g/mol. The number of rotatable bonds is 10. The summed E-state index contributed by atoms with van der Waals surface area (Å²) in [5.41, 5.74) is 1.07. The van der Waals surface area contributed by atoms with E-state index in [-0.39, 0.29) is 11.8 Å². The Hall–Kier alpha value is -1.98. The van der Waals surface area contributed by atoms with Gasteiger partial charge in [-0.25, -0.2) is 0 Å². The number of thioether (sulfide) groups is 1. The van der Waals surface area contributed by atoms with E-state index in [1.807, 2.05) is 63.5 Å². The van der Waals surface area contributed by atoms with Gasteiger partial charge in [0.25, 0.3) is 0 Å². The molecule has 1 N–H and O–H groups in total. The molecule has 5 heteroatoms. The molecule has 0 aliphatic heterocycles. The van der Waals surface area contributed by atoms with E-state index in [4.69, 9.17) is 4.74 Å². The number of hydrogen-bond acceptors (Lipinski definition) is 4. The van der Waals surface area contributed by atoms with E-state index in [1.165, 1.54) is 4.90 Å². The summed E-state index contributed by atoms with van der Waals surface area (Å²) in [5.74, 6) is 1.68. The lowest BCUT2D eigenvalue weighted by Crippen LogP contribution is -2.29. The fourth-order valence-corrected chi connectivity index (χ4v) is 3.17. The first-order valence-corrected chi connectivity index (χ1v) is 9.85. The van der Waals surface area contributed by atoms with Crippen molar-refractivity contribution >= 4 is 17.7 Å². The predicted octanol–water partition coefficient (Wildman–Crippen LogP) is 3.67. The molecule has 0 heterocycles. The molecule has 0 bridgehead atoms. The van der Waals surface area contributed by atoms with Crippen LogP contribution in [0, 0.1) is 5.92 Å². The van der Waals surface area contributed by atoms with E-state index >= 15 is 0 Å². The highest BCUT2D eigenvalue weighted by Crippen LogP contribution is 2.20. The maximum absolute atomic E-state index is 12.3. The van der Waals surface area contributed by atoms with Crippen LogP contribution in [-0.2, 0) is 11.3 Å². The van der Waals surface area contributed by atoms with Crippen molar-refractivity contribution in [1.29, 1.82) is 0 Å². The van der Waals surface area contributed by atoms with Crippen molar-refractivity contribution in [3.63, 3.8) is 0 Å². The molecule has 0 aliphatic carbocycles. The van der Waals surface area contributed by atoms with Crippen LogP contribution in [0.4, 0.5) is 0 Å². The van der Waals surface area contributed by atoms with Crippen molar-refractivity contribution in [2.24, 2.45) is 5.92 Å². The molecule has 0 radical (unpaired) electrons. The molecule has 0 saturated carbocycles. The highest BCUT2D eigenvalue weighted by Gasteiger charge is 2.12. The van der Waals surface area contributed by atoms with Crippen molar-refractivity contribution in [2.45, 2.75) is 18.4 Å². The van der Waals surface area contributed by atoms with Crippen molar-refractivity contribution in [2.75, 3.05) is 33.0 Å². The molecule has 0 fully saturated rings. The largest absolute Gasteiger partial charge is 0.492 e. The lowest BCUT2D eigenvalue weighted by molar-refractivity contribution is -0.124. The summed E-state index contributed by atoms with van der Waals surface area (Å²) in [6.07, 6.45) is 0. The SMILES string of the molecule is C[C@@H](CSc1ccccc1)C(=O)NCc1ccc(OCCN(C)C)cc1. The monoisotopic (exact) mass is 372 g/mol. The lowest BCUT2D eigenvalue weighted by Gasteiger charge is -2.13. The first-order valence-electron chi connectivity index (χ1n) is 8.86. The summed E-state index contributed by atoms with van der Waals surface area (Å²) in [6, 6.07) is 18.1. The number of benzene rings is 2. The summed E-state index contributed by atoms with van der Waals surface area (Å²) in [6.45, 7) is 4.06. The van der Waals surface area contributed by atoms with Crippen molar-refractivity contribution in [3.8, 4) is 5.75 Å². The first-order chi connectivity index (χ1) is 12.5. The number of ether oxygens (including phenoxy) is 1. The van der Waals surface area contributed by atoms with Gasteiger partial charge in [0.2, 0.25) is 5.91 Å². The van der Waals surface area contributed by atoms with Gasteiger partial charge in [-0.05, 0) is 43.9 Å². The fraction of sp³-hybridized carbons (Fsp3) is 0.381. The van der Waals surface area contributed by atoms with Gasteiger partial charge < -0.3 is 15.0 Å². The third kappa shape index (κ3) is 7.50. The van der Waals surface area contributed by atoms with Gasteiger partial charge in [-0.1, -0.05) is 37.3 Å². The van der Waals surface area contributed by atoms with Crippen molar-refractivity contribution in [3.05, 3.63) is 60.2 Å². The van der Waals surface area contributed by atoms with Gasteiger partial charge >= 0.3 is 0 Å². The highest BCUT2D eigenvalue weighted by molar-refractivity contribution is 7.99. The van der Waals surface area contributed by atoms with Crippen molar-refractivity contribution in [1.82, 2.24) is 10.2 Å². The van der Waals surface area contributed by atoms with Crippen LogP contribution >= 0.6 is 11.8 Å². The molecule has 140 valence electrons. The molecule has 0 unspecified atom stereocenters. The van der Waals surface area contributed by atoms with Crippen LogP contribution in [0.5, 0.6) is 5.75 Å². The predicted molar refractivity (Wildman–Crippen MR) is 109 cm³/mol. The highest BCUT2D eigenvalue weighted by atomic mass is 32.2. The number of hydrogen-bond donors (Lipinski definition) is 1. The smallest absolute Gasteiger partial charge is 0.223 e. The van der Waals surface area contributed by atoms with Gasteiger partial charge in [-0.3, -0.25) is 4.79 Å². The lowest BCUT2D eigenvalue weighted by atomic mass is 10.2. The molecule has 0 aromatic heterocycles. The second-order valence-electron chi connectivity index (χ2n) is 6.54. The molecule has 1 atom stereocenters. The summed E-state index contributed by atoms with van der Waals surface area (Å²) in [4.78, 5) is 15.5. The Labute approximate surface area is 160 Å². The van der Waals surface area contributed by atoms with E-state index in [2.05, 4.69) is 22.3 Å². The van der Waals surface area contributed by atoms with E-state index in [9.17, 15) is 4.79 Å². The second kappa shape index (κ2) is 10.9. The van der Waals surface area contributed by atoms with Gasteiger partial charge in [0, 0.05) is 29.7 Å². The number of nitrogens with one attached hydrogen (secondary N) is 1. The Bertz CT molecular complexity index is 659. The number of carbonyl (C=O) groups is 1. The standard InChI is InChI=1S/C21H28N2O2S/c1-17(16-26-20-7-5-4-6-8-20)21(24)22-15-18-9-11-19(12-10-18)25-14-13-23(2)3/h4-12,17H,13-16H2,1-3H3,(H,22,24)/t17-/m0/s1. The maximum Gasteiger partial charge on any atom is 0.223 e. The van der Waals surface area contributed by atoms with Crippen LogP contribution in [0.3, 0.4) is 0 Å². The number of amides is 1. The summed E-state index contributed by atoms with van der Waals surface area (Å²) < 4.78 is 5.68.